The van der Waals surface area contributed by atoms with Gasteiger partial charge in [0.05, 0.1) is 33.7 Å². The van der Waals surface area contributed by atoms with Gasteiger partial charge in [-0.25, -0.2) is 17.8 Å². The fourth-order valence-electron chi connectivity index (χ4n) is 4.22. The molecule has 47 heavy (non-hydrogen) atoms. The van der Waals surface area contributed by atoms with Crippen molar-refractivity contribution in [3.63, 3.8) is 0 Å². The molecule has 0 aliphatic carbocycles. The second-order valence-corrected chi connectivity index (χ2v) is 13.5. The summed E-state index contributed by atoms with van der Waals surface area (Å²) in [5.74, 6) is -2.20. The zero-order chi connectivity index (χ0) is 35.3. The monoisotopic (exact) mass is 682 g/mol. The molecule has 0 aliphatic rings. The molecule has 0 unspecified atom stereocenters. The molecule has 13 nitrogen and oxygen atoms in total. The molecule has 1 heterocycles. The van der Waals surface area contributed by atoms with Crippen LogP contribution >= 0.6 is 0 Å². The number of hydrazine groups is 1. The van der Waals surface area contributed by atoms with Crippen LogP contribution in [0.2, 0.25) is 0 Å². The van der Waals surface area contributed by atoms with Crippen molar-refractivity contribution in [2.45, 2.75) is 65.1 Å². The summed E-state index contributed by atoms with van der Waals surface area (Å²) < 4.78 is 75.0. The fraction of sp³-hybridized carbons (Fsp3) is 0.433. The van der Waals surface area contributed by atoms with Crippen LogP contribution in [0.4, 0.5) is 13.2 Å². The van der Waals surface area contributed by atoms with Crippen molar-refractivity contribution in [1.29, 1.82) is 0 Å². The first-order valence-corrected chi connectivity index (χ1v) is 15.9. The standard InChI is InChI=1S/C30H37F3N6O7S/c1-8-20(3)26(37(7)39(42)36-46-18-45-28(41)29(4,5)6)27(40)35-47(43,44)23-15-13-22(14-16-23)38-24(17-25(34-38)30(31,32)33)21-11-9-19(2)10-12-21/h9-17,20,26H,8,18H2,1-7H3,(H,35,40)/t20-,26+/m1/s1. The first kappa shape index (κ1) is 36.8. The van der Waals surface area contributed by atoms with Gasteiger partial charge in [-0.2, -0.15) is 18.3 Å². The van der Waals surface area contributed by atoms with E-state index in [1.165, 1.54) is 19.2 Å². The van der Waals surface area contributed by atoms with Crippen molar-refractivity contribution in [2.75, 3.05) is 13.8 Å². The van der Waals surface area contributed by atoms with E-state index in [0.29, 0.717) is 12.0 Å². The van der Waals surface area contributed by atoms with Gasteiger partial charge in [-0.3, -0.25) is 9.59 Å². The van der Waals surface area contributed by atoms with Crippen LogP contribution in [0.1, 0.15) is 52.3 Å². The molecule has 1 amide bonds. The van der Waals surface area contributed by atoms with Crippen molar-refractivity contribution in [3.05, 3.63) is 71.1 Å². The number of hydrogen-bond donors (Lipinski definition) is 1. The number of amides is 1. The number of carbonyl (C=O) groups excluding carboxylic acids is 2. The normalized spacial score (nSPS) is 13.9. The minimum Gasteiger partial charge on any atom is -0.569 e. The molecule has 256 valence electrons. The van der Waals surface area contributed by atoms with Gasteiger partial charge in [-0.05, 0) is 63.9 Å². The number of likely N-dealkylation sites (N-methyl/N-ethyl adjacent to an activating group) is 1. The Morgan fingerprint density at radius 2 is 1.70 bits per heavy atom. The predicted molar refractivity (Wildman–Crippen MR) is 163 cm³/mol. The Balaban J connectivity index is 1.82. The van der Waals surface area contributed by atoms with E-state index in [9.17, 15) is 36.4 Å². The van der Waals surface area contributed by atoms with Crippen LogP contribution < -0.4 is 4.72 Å². The molecule has 0 aliphatic heterocycles. The van der Waals surface area contributed by atoms with Crippen molar-refractivity contribution in [1.82, 2.24) is 19.5 Å². The van der Waals surface area contributed by atoms with Crippen molar-refractivity contribution in [2.24, 2.45) is 16.6 Å². The molecule has 0 fully saturated rings. The quantitative estimate of drug-likeness (QED) is 0.0662. The minimum absolute atomic E-state index is 0.0757. The average molecular weight is 683 g/mol. The zero-order valence-corrected chi connectivity index (χ0v) is 27.7. The Morgan fingerprint density at radius 3 is 2.23 bits per heavy atom. The summed E-state index contributed by atoms with van der Waals surface area (Å²) in [6.07, 6.45) is -4.36. The Morgan fingerprint density at radius 1 is 1.11 bits per heavy atom. The highest BCUT2D eigenvalue weighted by molar-refractivity contribution is 7.90. The number of benzene rings is 2. The van der Waals surface area contributed by atoms with Crippen molar-refractivity contribution < 1.29 is 45.7 Å². The lowest BCUT2D eigenvalue weighted by atomic mass is 9.98. The van der Waals surface area contributed by atoms with E-state index in [0.717, 1.165) is 33.5 Å². The minimum atomic E-state index is -4.73. The molecule has 3 aromatic rings. The third-order valence-electron chi connectivity index (χ3n) is 7.08. The predicted octanol–water partition coefficient (Wildman–Crippen LogP) is 5.37. The molecular weight excluding hydrogens is 645 g/mol. The van der Waals surface area contributed by atoms with Crippen molar-refractivity contribution >= 4 is 21.9 Å². The summed E-state index contributed by atoms with van der Waals surface area (Å²) in [4.78, 5) is 29.4. The smallest absolute Gasteiger partial charge is 0.435 e. The first-order valence-electron chi connectivity index (χ1n) is 14.4. The lowest BCUT2D eigenvalue weighted by Gasteiger charge is -2.27. The van der Waals surface area contributed by atoms with Gasteiger partial charge in [-0.15, -0.1) is 5.01 Å². The van der Waals surface area contributed by atoms with Crippen LogP contribution in [0.25, 0.3) is 16.9 Å². The topological polar surface area (TPSA) is 158 Å². The van der Waals surface area contributed by atoms with E-state index in [4.69, 9.17) is 9.57 Å². The van der Waals surface area contributed by atoms with Crippen LogP contribution in [0.3, 0.4) is 0 Å². The van der Waals surface area contributed by atoms with Crippen LogP contribution in [-0.2, 0) is 35.4 Å². The van der Waals surface area contributed by atoms with Crippen LogP contribution in [0, 0.1) is 23.5 Å². The molecule has 1 N–H and O–H groups in total. The molecule has 1 aromatic heterocycles. The Labute approximate surface area is 270 Å². The maximum atomic E-state index is 13.6. The Hall–Kier alpha value is -4.67. The summed E-state index contributed by atoms with van der Waals surface area (Å²) >= 11 is 0. The maximum Gasteiger partial charge on any atom is 0.435 e. The number of rotatable bonds is 12. The van der Waals surface area contributed by atoms with Crippen LogP contribution in [0.15, 0.2) is 64.8 Å². The lowest BCUT2D eigenvalue weighted by Crippen LogP contribution is -2.52. The summed E-state index contributed by atoms with van der Waals surface area (Å²) in [5, 5.41) is 20.4. The number of sulfonamides is 1. The average Bonchev–Trinajstić information content (AvgIpc) is 3.45. The number of esters is 1. The van der Waals surface area contributed by atoms with E-state index in [1.807, 2.05) is 11.6 Å². The van der Waals surface area contributed by atoms with Gasteiger partial charge >= 0.3 is 12.1 Å². The van der Waals surface area contributed by atoms with Gasteiger partial charge in [0.15, 0.2) is 11.7 Å². The number of carbonyl (C=O) groups is 2. The maximum absolute atomic E-state index is 13.6. The number of alkyl halides is 3. The van der Waals surface area contributed by atoms with E-state index in [1.54, 1.807) is 58.9 Å². The van der Waals surface area contributed by atoms with Crippen LogP contribution in [0.5, 0.6) is 0 Å². The molecule has 2 atom stereocenters. The number of nitrogens with zero attached hydrogens (tertiary/aromatic N) is 5. The highest BCUT2D eigenvalue weighted by atomic mass is 32.2. The second-order valence-electron chi connectivity index (χ2n) is 11.8. The van der Waals surface area contributed by atoms with Gasteiger partial charge in [-0.1, -0.05) is 50.1 Å². The van der Waals surface area contributed by atoms with Crippen LogP contribution in [-0.4, -0.2) is 59.9 Å². The SMILES string of the molecule is CC[C@@H](C)[C@@H](C(=O)NS(=O)(=O)c1ccc(-n2nc(C(F)(F)F)cc2-c2ccc(C)cc2)cc1)N(C)[N+]([O-])=NOCOC(=O)C(C)(C)C. The lowest BCUT2D eigenvalue weighted by molar-refractivity contribution is -0.712. The van der Waals surface area contributed by atoms with E-state index < -0.39 is 57.9 Å². The summed E-state index contributed by atoms with van der Waals surface area (Å²) in [6.45, 7) is 9.36. The van der Waals surface area contributed by atoms with Gasteiger partial charge in [0, 0.05) is 5.56 Å². The molecular formula is C30H37F3N6O7S. The molecule has 2 aromatic carbocycles. The number of ether oxygens (including phenoxy) is 1. The van der Waals surface area contributed by atoms with Gasteiger partial charge in [0.25, 0.3) is 22.7 Å². The molecule has 0 radical (unpaired) electrons. The number of halogens is 3. The van der Waals surface area contributed by atoms with Gasteiger partial charge in [0.2, 0.25) is 5.28 Å². The number of aryl methyl sites for hydroxylation is 1. The van der Waals surface area contributed by atoms with E-state index >= 15 is 0 Å². The molecule has 0 spiro atoms. The largest absolute Gasteiger partial charge is 0.569 e. The third-order valence-corrected chi connectivity index (χ3v) is 8.44. The summed E-state index contributed by atoms with van der Waals surface area (Å²) in [6, 6.07) is 11.1. The fourth-order valence-corrected chi connectivity index (χ4v) is 5.22. The molecule has 0 saturated carbocycles. The number of hydrogen-bond acceptors (Lipinski definition) is 9. The highest BCUT2D eigenvalue weighted by Crippen LogP contribution is 2.33. The third kappa shape index (κ3) is 9.21. The van der Waals surface area contributed by atoms with E-state index in [2.05, 4.69) is 10.4 Å². The summed E-state index contributed by atoms with van der Waals surface area (Å²) in [5.41, 5.74) is -0.326. The number of nitrogens with one attached hydrogen (secondary N) is 1. The number of aromatic nitrogens is 2. The molecule has 3 rings (SSSR count). The Bertz CT molecular complexity index is 1700. The second kappa shape index (κ2) is 14.4. The highest BCUT2D eigenvalue weighted by Gasteiger charge is 2.37. The zero-order valence-electron chi connectivity index (χ0n) is 26.9. The molecule has 0 bridgehead atoms. The summed E-state index contributed by atoms with van der Waals surface area (Å²) in [7, 11) is -3.31. The van der Waals surface area contributed by atoms with Gasteiger partial charge < -0.3 is 14.8 Å². The van der Waals surface area contributed by atoms with E-state index in [-0.39, 0.29) is 21.2 Å². The van der Waals surface area contributed by atoms with Gasteiger partial charge in [0.1, 0.15) is 0 Å². The molecule has 0 saturated heterocycles. The van der Waals surface area contributed by atoms with Crippen molar-refractivity contribution in [3.8, 4) is 16.9 Å². The first-order chi connectivity index (χ1) is 21.8. The Kier molecular flexibility index (Phi) is 11.3. The molecule has 17 heteroatoms.